The number of ether oxygens (including phenoxy) is 1. The standard InChI is InChI=1S/C13H21N3OS/c1-5-18-13-7-14-6-12(15-13)16-8-9(2)17-11(4)10(16)3/h6-7,9-11H,5,8H2,1-4H3/t9-,10-,11+/m0/s1. The third-order valence-corrected chi connectivity index (χ3v) is 4.04. The number of nitrogens with zero attached hydrogens (tertiary/aromatic N) is 3. The Kier molecular flexibility index (Phi) is 4.45. The monoisotopic (exact) mass is 267 g/mol. The summed E-state index contributed by atoms with van der Waals surface area (Å²) in [6.45, 7) is 9.40. The quantitative estimate of drug-likeness (QED) is 0.787. The number of thioether (sulfide) groups is 1. The van der Waals surface area contributed by atoms with Gasteiger partial charge in [-0.3, -0.25) is 4.98 Å². The van der Waals surface area contributed by atoms with E-state index in [1.807, 2.05) is 12.4 Å². The Morgan fingerprint density at radius 1 is 1.39 bits per heavy atom. The molecular weight excluding hydrogens is 246 g/mol. The summed E-state index contributed by atoms with van der Waals surface area (Å²) >= 11 is 1.72. The molecule has 0 unspecified atom stereocenters. The smallest absolute Gasteiger partial charge is 0.148 e. The largest absolute Gasteiger partial charge is 0.372 e. The Hall–Kier alpha value is -0.810. The van der Waals surface area contributed by atoms with E-state index in [4.69, 9.17) is 4.74 Å². The van der Waals surface area contributed by atoms with E-state index in [9.17, 15) is 0 Å². The van der Waals surface area contributed by atoms with Gasteiger partial charge in [0.25, 0.3) is 0 Å². The summed E-state index contributed by atoms with van der Waals surface area (Å²) in [5, 5.41) is 0.994. The zero-order chi connectivity index (χ0) is 13.1. The average molecular weight is 267 g/mol. The number of anilines is 1. The number of rotatable bonds is 3. The van der Waals surface area contributed by atoms with E-state index in [2.05, 4.69) is 42.6 Å². The van der Waals surface area contributed by atoms with Crippen molar-refractivity contribution in [1.82, 2.24) is 9.97 Å². The van der Waals surface area contributed by atoms with E-state index in [1.54, 1.807) is 11.8 Å². The van der Waals surface area contributed by atoms with E-state index in [0.29, 0.717) is 6.04 Å². The molecule has 0 aromatic carbocycles. The molecule has 1 aromatic heterocycles. The lowest BCUT2D eigenvalue weighted by Gasteiger charge is -2.41. The van der Waals surface area contributed by atoms with Crippen LogP contribution in [0.15, 0.2) is 17.4 Å². The Labute approximate surface area is 113 Å². The predicted molar refractivity (Wildman–Crippen MR) is 75.2 cm³/mol. The van der Waals surface area contributed by atoms with Gasteiger partial charge < -0.3 is 9.64 Å². The lowest BCUT2D eigenvalue weighted by molar-refractivity contribution is -0.0261. The lowest BCUT2D eigenvalue weighted by Crippen LogP contribution is -2.52. The molecule has 3 atom stereocenters. The second-order valence-electron chi connectivity index (χ2n) is 4.69. The predicted octanol–water partition coefficient (Wildman–Crippen LogP) is 2.59. The summed E-state index contributed by atoms with van der Waals surface area (Å²) in [5.74, 6) is 1.98. The van der Waals surface area contributed by atoms with E-state index in [0.717, 1.165) is 23.1 Å². The minimum Gasteiger partial charge on any atom is -0.372 e. The van der Waals surface area contributed by atoms with Gasteiger partial charge in [-0.05, 0) is 26.5 Å². The maximum absolute atomic E-state index is 5.83. The summed E-state index contributed by atoms with van der Waals surface area (Å²) < 4.78 is 5.83. The van der Waals surface area contributed by atoms with Crippen LogP contribution in [0.2, 0.25) is 0 Å². The van der Waals surface area contributed by atoms with Crippen molar-refractivity contribution in [2.24, 2.45) is 0 Å². The highest BCUT2D eigenvalue weighted by Gasteiger charge is 2.30. The van der Waals surface area contributed by atoms with Crippen molar-refractivity contribution in [1.29, 1.82) is 0 Å². The minimum atomic E-state index is 0.220. The first kappa shape index (κ1) is 13.6. The first-order chi connectivity index (χ1) is 8.61. The topological polar surface area (TPSA) is 38.2 Å². The zero-order valence-electron chi connectivity index (χ0n) is 11.5. The maximum Gasteiger partial charge on any atom is 0.148 e. The van der Waals surface area contributed by atoms with E-state index in [-0.39, 0.29) is 12.2 Å². The highest BCUT2D eigenvalue weighted by molar-refractivity contribution is 7.99. The summed E-state index contributed by atoms with van der Waals surface area (Å²) in [6, 6.07) is 0.331. The molecule has 2 rings (SSSR count). The van der Waals surface area contributed by atoms with Crippen molar-refractivity contribution in [3.8, 4) is 0 Å². The molecule has 0 amide bonds. The molecule has 5 heteroatoms. The molecule has 0 bridgehead atoms. The molecule has 1 aliphatic heterocycles. The third-order valence-electron chi connectivity index (χ3n) is 3.26. The molecule has 0 aliphatic carbocycles. The molecule has 0 spiro atoms. The summed E-state index contributed by atoms with van der Waals surface area (Å²) in [7, 11) is 0. The van der Waals surface area contributed by atoms with Crippen LogP contribution in [0.5, 0.6) is 0 Å². The van der Waals surface area contributed by atoms with Gasteiger partial charge in [0.2, 0.25) is 0 Å². The van der Waals surface area contributed by atoms with Gasteiger partial charge in [0, 0.05) is 6.54 Å². The Bertz CT molecular complexity index is 402. The minimum absolute atomic E-state index is 0.220. The molecular formula is C13H21N3OS. The molecule has 0 saturated carbocycles. The van der Waals surface area contributed by atoms with Gasteiger partial charge in [-0.15, -0.1) is 11.8 Å². The highest BCUT2D eigenvalue weighted by atomic mass is 32.2. The first-order valence-corrected chi connectivity index (χ1v) is 7.47. The molecule has 100 valence electrons. The van der Waals surface area contributed by atoms with Crippen molar-refractivity contribution in [3.63, 3.8) is 0 Å². The van der Waals surface area contributed by atoms with Gasteiger partial charge in [-0.2, -0.15) is 0 Å². The number of hydrogen-bond acceptors (Lipinski definition) is 5. The average Bonchev–Trinajstić information content (AvgIpc) is 2.34. The van der Waals surface area contributed by atoms with Crippen LogP contribution in [0.1, 0.15) is 27.7 Å². The lowest BCUT2D eigenvalue weighted by atomic mass is 10.1. The van der Waals surface area contributed by atoms with Crippen LogP contribution in [0.3, 0.4) is 0 Å². The second-order valence-corrected chi connectivity index (χ2v) is 5.98. The van der Waals surface area contributed by atoms with E-state index < -0.39 is 0 Å². The first-order valence-electron chi connectivity index (χ1n) is 6.48. The summed E-state index contributed by atoms with van der Waals surface area (Å²) in [5.41, 5.74) is 0. The van der Waals surface area contributed by atoms with E-state index in [1.165, 1.54) is 0 Å². The van der Waals surface area contributed by atoms with Crippen molar-refractivity contribution in [3.05, 3.63) is 12.4 Å². The molecule has 0 N–H and O–H groups in total. The van der Waals surface area contributed by atoms with Gasteiger partial charge in [0.15, 0.2) is 0 Å². The zero-order valence-corrected chi connectivity index (χ0v) is 12.3. The summed E-state index contributed by atoms with van der Waals surface area (Å²) in [6.07, 6.45) is 4.13. The van der Waals surface area contributed by atoms with Crippen molar-refractivity contribution >= 4 is 17.6 Å². The molecule has 1 aromatic rings. The van der Waals surface area contributed by atoms with Crippen LogP contribution in [0.25, 0.3) is 0 Å². The molecule has 1 saturated heterocycles. The number of aromatic nitrogens is 2. The fourth-order valence-corrected chi connectivity index (χ4v) is 2.81. The van der Waals surface area contributed by atoms with Crippen LogP contribution in [0, 0.1) is 0 Å². The second kappa shape index (κ2) is 5.89. The molecule has 0 radical (unpaired) electrons. The molecule has 1 aliphatic rings. The fourth-order valence-electron chi connectivity index (χ4n) is 2.22. The number of hydrogen-bond donors (Lipinski definition) is 0. The van der Waals surface area contributed by atoms with Crippen LogP contribution in [0.4, 0.5) is 5.82 Å². The molecule has 4 nitrogen and oxygen atoms in total. The fraction of sp³-hybridized carbons (Fsp3) is 0.692. The third kappa shape index (κ3) is 2.95. The Morgan fingerprint density at radius 3 is 2.89 bits per heavy atom. The normalized spacial score (nSPS) is 28.4. The maximum atomic E-state index is 5.83. The van der Waals surface area contributed by atoms with Gasteiger partial charge >= 0.3 is 0 Å². The molecule has 18 heavy (non-hydrogen) atoms. The van der Waals surface area contributed by atoms with Gasteiger partial charge in [0.1, 0.15) is 10.8 Å². The Balaban J connectivity index is 2.20. The van der Waals surface area contributed by atoms with Gasteiger partial charge in [-0.25, -0.2) is 4.98 Å². The van der Waals surface area contributed by atoms with Gasteiger partial charge in [0.05, 0.1) is 30.6 Å². The highest BCUT2D eigenvalue weighted by Crippen LogP contribution is 2.25. The van der Waals surface area contributed by atoms with Crippen molar-refractivity contribution < 1.29 is 4.74 Å². The van der Waals surface area contributed by atoms with Crippen LogP contribution < -0.4 is 4.90 Å². The SMILES string of the molecule is CCSc1cncc(N2C[C@H](C)O[C@H](C)[C@@H]2C)n1. The van der Waals surface area contributed by atoms with E-state index >= 15 is 0 Å². The van der Waals surface area contributed by atoms with Crippen LogP contribution in [-0.4, -0.2) is 40.5 Å². The summed E-state index contributed by atoms with van der Waals surface area (Å²) in [4.78, 5) is 11.3. The van der Waals surface area contributed by atoms with Gasteiger partial charge in [-0.1, -0.05) is 6.92 Å². The molecule has 1 fully saturated rings. The van der Waals surface area contributed by atoms with Crippen molar-refractivity contribution in [2.45, 2.75) is 51.0 Å². The number of morpholine rings is 1. The van der Waals surface area contributed by atoms with Crippen molar-refractivity contribution in [2.75, 3.05) is 17.2 Å². The van der Waals surface area contributed by atoms with Crippen LogP contribution >= 0.6 is 11.8 Å². The molecule has 2 heterocycles. The Morgan fingerprint density at radius 2 is 2.17 bits per heavy atom. The van der Waals surface area contributed by atoms with Crippen LogP contribution in [-0.2, 0) is 4.74 Å².